The molecule has 0 radical (unpaired) electrons. The van der Waals surface area contributed by atoms with Crippen LogP contribution in [-0.2, 0) is 0 Å². The topological polar surface area (TPSA) is 29.3 Å². The molecule has 0 unspecified atom stereocenters. The Morgan fingerprint density at radius 2 is 1.25 bits per heavy atom. The first-order valence-electron chi connectivity index (χ1n) is 7.27. The second-order valence-corrected chi connectivity index (χ2v) is 4.75. The molecule has 0 heterocycles. The van der Waals surface area contributed by atoms with Crippen molar-refractivity contribution < 1.29 is 0 Å². The van der Waals surface area contributed by atoms with E-state index in [1.54, 1.807) is 0 Å². The second-order valence-electron chi connectivity index (χ2n) is 4.75. The summed E-state index contributed by atoms with van der Waals surface area (Å²) in [6.45, 7) is 8.90. The molecule has 0 aromatic carbocycles. The highest BCUT2D eigenvalue weighted by molar-refractivity contribution is 4.58. The lowest BCUT2D eigenvalue weighted by Crippen LogP contribution is -2.31. The lowest BCUT2D eigenvalue weighted by molar-refractivity contribution is 0.269. The summed E-state index contributed by atoms with van der Waals surface area (Å²) < 4.78 is 0. The van der Waals surface area contributed by atoms with Crippen LogP contribution in [0.15, 0.2) is 0 Å². The summed E-state index contributed by atoms with van der Waals surface area (Å²) in [4.78, 5) is 2.53. The van der Waals surface area contributed by atoms with Crippen molar-refractivity contribution in [3.63, 3.8) is 0 Å². The Balaban J connectivity index is 3.36. The first kappa shape index (κ1) is 15.9. The van der Waals surface area contributed by atoms with Crippen LogP contribution in [0.25, 0.3) is 0 Å². The third-order valence-electron chi connectivity index (χ3n) is 3.10. The molecule has 2 nitrogen and oxygen atoms in total. The van der Waals surface area contributed by atoms with Gasteiger partial charge in [0.2, 0.25) is 0 Å². The van der Waals surface area contributed by atoms with E-state index >= 15 is 0 Å². The zero-order valence-electron chi connectivity index (χ0n) is 11.5. The highest BCUT2D eigenvalue weighted by Gasteiger charge is 2.02. The van der Waals surface area contributed by atoms with Crippen LogP contribution < -0.4 is 5.73 Å². The van der Waals surface area contributed by atoms with Gasteiger partial charge in [-0.2, -0.15) is 0 Å². The molecule has 0 aromatic rings. The van der Waals surface area contributed by atoms with Gasteiger partial charge >= 0.3 is 0 Å². The van der Waals surface area contributed by atoms with Gasteiger partial charge in [-0.3, -0.25) is 0 Å². The summed E-state index contributed by atoms with van der Waals surface area (Å²) >= 11 is 0. The fraction of sp³-hybridized carbons (Fsp3) is 1.00. The molecule has 0 aliphatic rings. The number of nitrogens with zero attached hydrogens (tertiary/aromatic N) is 1. The molecule has 0 aliphatic heterocycles. The third-order valence-corrected chi connectivity index (χ3v) is 3.10. The minimum Gasteiger partial charge on any atom is -0.329 e. The van der Waals surface area contributed by atoms with E-state index in [-0.39, 0.29) is 0 Å². The molecule has 2 N–H and O–H groups in total. The van der Waals surface area contributed by atoms with Crippen LogP contribution >= 0.6 is 0 Å². The van der Waals surface area contributed by atoms with Gasteiger partial charge in [0.1, 0.15) is 0 Å². The van der Waals surface area contributed by atoms with Crippen LogP contribution in [0, 0.1) is 0 Å². The predicted octanol–water partition coefficient (Wildman–Crippen LogP) is 3.41. The van der Waals surface area contributed by atoms with Gasteiger partial charge in [0.15, 0.2) is 0 Å². The molecular formula is C14H32N2. The molecule has 0 saturated heterocycles. The Kier molecular flexibility index (Phi) is 12.9. The molecule has 0 bridgehead atoms. The Morgan fingerprint density at radius 1 is 0.688 bits per heavy atom. The Bertz CT molecular complexity index is 126. The highest BCUT2D eigenvalue weighted by atomic mass is 15.1. The van der Waals surface area contributed by atoms with E-state index in [0.29, 0.717) is 0 Å². The standard InChI is InChI=1S/C14H32N2/c1-3-5-7-8-9-10-13-16(14-11-15)12-6-4-2/h3-15H2,1-2H3. The van der Waals surface area contributed by atoms with Gasteiger partial charge in [-0.25, -0.2) is 0 Å². The van der Waals surface area contributed by atoms with Crippen molar-refractivity contribution in [3.8, 4) is 0 Å². The molecule has 0 aromatic heterocycles. The summed E-state index contributed by atoms with van der Waals surface area (Å²) in [5.41, 5.74) is 5.63. The molecule has 0 rings (SSSR count). The third kappa shape index (κ3) is 10.4. The number of nitrogens with two attached hydrogens (primary N) is 1. The van der Waals surface area contributed by atoms with Crippen LogP contribution in [-0.4, -0.2) is 31.1 Å². The van der Waals surface area contributed by atoms with Gasteiger partial charge < -0.3 is 10.6 Å². The van der Waals surface area contributed by atoms with Crippen LogP contribution in [0.1, 0.15) is 65.2 Å². The quantitative estimate of drug-likeness (QED) is 0.519. The molecule has 0 aliphatic carbocycles. The summed E-state index contributed by atoms with van der Waals surface area (Å²) in [6, 6.07) is 0. The maximum absolute atomic E-state index is 5.63. The minimum atomic E-state index is 0.805. The fourth-order valence-corrected chi connectivity index (χ4v) is 2.02. The van der Waals surface area contributed by atoms with Crippen molar-refractivity contribution in [2.75, 3.05) is 26.2 Å². The molecule has 2 heteroatoms. The van der Waals surface area contributed by atoms with Crippen LogP contribution in [0.2, 0.25) is 0 Å². The molecule has 0 amide bonds. The predicted molar refractivity (Wildman–Crippen MR) is 73.8 cm³/mol. The second kappa shape index (κ2) is 13.0. The van der Waals surface area contributed by atoms with Crippen LogP contribution in [0.5, 0.6) is 0 Å². The van der Waals surface area contributed by atoms with Crippen molar-refractivity contribution in [2.24, 2.45) is 5.73 Å². The van der Waals surface area contributed by atoms with Gasteiger partial charge in [0.05, 0.1) is 0 Å². The van der Waals surface area contributed by atoms with Crippen molar-refractivity contribution >= 4 is 0 Å². The lowest BCUT2D eigenvalue weighted by Gasteiger charge is -2.21. The number of hydrogen-bond donors (Lipinski definition) is 1. The van der Waals surface area contributed by atoms with E-state index in [2.05, 4.69) is 18.7 Å². The van der Waals surface area contributed by atoms with Gasteiger partial charge in [-0.05, 0) is 25.9 Å². The number of unbranched alkanes of at least 4 members (excludes halogenated alkanes) is 6. The normalized spacial score (nSPS) is 11.2. The molecule has 0 saturated carbocycles. The maximum Gasteiger partial charge on any atom is 0.0105 e. The van der Waals surface area contributed by atoms with E-state index in [0.717, 1.165) is 13.1 Å². The molecule has 0 atom stereocenters. The van der Waals surface area contributed by atoms with Crippen LogP contribution in [0.3, 0.4) is 0 Å². The van der Waals surface area contributed by atoms with Crippen LogP contribution in [0.4, 0.5) is 0 Å². The zero-order valence-corrected chi connectivity index (χ0v) is 11.5. The van der Waals surface area contributed by atoms with Crippen molar-refractivity contribution in [2.45, 2.75) is 65.2 Å². The molecule has 98 valence electrons. The molecule has 16 heavy (non-hydrogen) atoms. The smallest absolute Gasteiger partial charge is 0.0105 e. The largest absolute Gasteiger partial charge is 0.329 e. The molecular weight excluding hydrogens is 196 g/mol. The molecule has 0 fully saturated rings. The van der Waals surface area contributed by atoms with Gasteiger partial charge in [0, 0.05) is 13.1 Å². The van der Waals surface area contributed by atoms with Crippen molar-refractivity contribution in [3.05, 3.63) is 0 Å². The zero-order chi connectivity index (χ0) is 12.1. The Morgan fingerprint density at radius 3 is 1.88 bits per heavy atom. The first-order chi connectivity index (χ1) is 7.85. The summed E-state index contributed by atoms with van der Waals surface area (Å²) in [5.74, 6) is 0. The Hall–Kier alpha value is -0.0800. The SMILES string of the molecule is CCCCCCCCN(CCN)CCCC. The van der Waals surface area contributed by atoms with E-state index in [9.17, 15) is 0 Å². The van der Waals surface area contributed by atoms with Gasteiger partial charge in [-0.15, -0.1) is 0 Å². The molecule has 0 spiro atoms. The highest BCUT2D eigenvalue weighted by Crippen LogP contribution is 2.06. The fourth-order valence-electron chi connectivity index (χ4n) is 2.02. The monoisotopic (exact) mass is 228 g/mol. The number of hydrogen-bond acceptors (Lipinski definition) is 2. The van der Waals surface area contributed by atoms with E-state index in [1.165, 1.54) is 64.5 Å². The summed E-state index contributed by atoms with van der Waals surface area (Å²) in [7, 11) is 0. The first-order valence-corrected chi connectivity index (χ1v) is 7.27. The van der Waals surface area contributed by atoms with Crippen molar-refractivity contribution in [1.29, 1.82) is 0 Å². The summed E-state index contributed by atoms with van der Waals surface area (Å²) in [5, 5.41) is 0. The summed E-state index contributed by atoms with van der Waals surface area (Å²) in [6.07, 6.45) is 10.9. The van der Waals surface area contributed by atoms with Crippen molar-refractivity contribution in [1.82, 2.24) is 4.90 Å². The average Bonchev–Trinajstić information content (AvgIpc) is 2.30. The maximum atomic E-state index is 5.63. The van der Waals surface area contributed by atoms with E-state index in [4.69, 9.17) is 5.73 Å². The Labute approximate surface area is 103 Å². The number of rotatable bonds is 12. The minimum absolute atomic E-state index is 0.805. The van der Waals surface area contributed by atoms with Gasteiger partial charge in [-0.1, -0.05) is 52.4 Å². The average molecular weight is 228 g/mol. The van der Waals surface area contributed by atoms with Gasteiger partial charge in [0.25, 0.3) is 0 Å². The van der Waals surface area contributed by atoms with E-state index in [1.807, 2.05) is 0 Å². The van der Waals surface area contributed by atoms with E-state index < -0.39 is 0 Å². The lowest BCUT2D eigenvalue weighted by atomic mass is 10.1.